The van der Waals surface area contributed by atoms with Gasteiger partial charge in [0, 0.05) is 61.0 Å². The highest BCUT2D eigenvalue weighted by atomic mass is 32.1. The maximum absolute atomic E-state index is 13.6. The number of aromatic nitrogens is 2. The molecule has 36 heavy (non-hydrogen) atoms. The highest BCUT2D eigenvalue weighted by Gasteiger charge is 2.42. The number of carbonyl (C=O) groups is 2. The van der Waals surface area contributed by atoms with Gasteiger partial charge in [0.15, 0.2) is 5.13 Å². The number of nitrogens with one attached hydrogen (secondary N) is 1. The Kier molecular flexibility index (Phi) is 7.23. The summed E-state index contributed by atoms with van der Waals surface area (Å²) < 4.78 is 16.1. The first-order valence-electron chi connectivity index (χ1n) is 13.3. The Bertz CT molecular complexity index is 1110. The third-order valence-corrected chi connectivity index (χ3v) is 9.24. The van der Waals surface area contributed by atoms with Gasteiger partial charge in [-0.1, -0.05) is 13.8 Å². The van der Waals surface area contributed by atoms with Crippen molar-refractivity contribution in [2.45, 2.75) is 96.9 Å². The molecular weight excluding hydrogens is 477 g/mol. The summed E-state index contributed by atoms with van der Waals surface area (Å²) in [6.07, 6.45) is 6.27. The van der Waals surface area contributed by atoms with Gasteiger partial charge in [-0.25, -0.2) is 4.98 Å². The summed E-state index contributed by atoms with van der Waals surface area (Å²) in [6.45, 7) is 9.86. The van der Waals surface area contributed by atoms with E-state index >= 15 is 0 Å². The number of rotatable bonds is 7. The lowest BCUT2D eigenvalue weighted by atomic mass is 9.95. The molecule has 0 aromatic carbocycles. The predicted molar refractivity (Wildman–Crippen MR) is 138 cm³/mol. The zero-order valence-electron chi connectivity index (χ0n) is 21.8. The van der Waals surface area contributed by atoms with E-state index in [1.165, 1.54) is 31.5 Å². The summed E-state index contributed by atoms with van der Waals surface area (Å²) in [4.78, 5) is 34.7. The van der Waals surface area contributed by atoms with E-state index in [1.807, 2.05) is 18.7 Å². The van der Waals surface area contributed by atoms with Crippen LogP contribution >= 0.6 is 11.3 Å². The second-order valence-electron chi connectivity index (χ2n) is 11.0. The lowest BCUT2D eigenvalue weighted by Crippen LogP contribution is -2.45. The fourth-order valence-corrected chi connectivity index (χ4v) is 7.54. The van der Waals surface area contributed by atoms with Crippen LogP contribution in [-0.4, -0.2) is 56.3 Å². The molecule has 196 valence electrons. The number of aryl methyl sites for hydroxylation is 1. The maximum atomic E-state index is 13.6. The summed E-state index contributed by atoms with van der Waals surface area (Å²) >= 11 is 1.12. The average molecular weight is 516 g/mol. The van der Waals surface area contributed by atoms with Gasteiger partial charge in [0.25, 0.3) is 0 Å². The van der Waals surface area contributed by atoms with Gasteiger partial charge in [0.2, 0.25) is 11.8 Å². The number of hydrogen-bond donors (Lipinski definition) is 1. The summed E-state index contributed by atoms with van der Waals surface area (Å²) in [6, 6.07) is 4.62. The van der Waals surface area contributed by atoms with E-state index in [2.05, 4.69) is 21.7 Å². The van der Waals surface area contributed by atoms with Gasteiger partial charge in [0.1, 0.15) is 5.82 Å². The molecule has 2 fully saturated rings. The van der Waals surface area contributed by atoms with E-state index < -0.39 is 0 Å². The number of imidazole rings is 1. The summed E-state index contributed by atoms with van der Waals surface area (Å²) in [7, 11) is 0. The van der Waals surface area contributed by atoms with Crippen LogP contribution in [0.3, 0.4) is 0 Å². The quantitative estimate of drug-likeness (QED) is 0.595. The Morgan fingerprint density at radius 3 is 2.53 bits per heavy atom. The number of piperidine rings is 1. The number of halogens is 1. The van der Waals surface area contributed by atoms with Crippen LogP contribution in [0.25, 0.3) is 0 Å². The van der Waals surface area contributed by atoms with Crippen molar-refractivity contribution >= 4 is 23.2 Å². The second-order valence-corrected chi connectivity index (χ2v) is 12.1. The fraction of sp³-hybridized carbons (Fsp3) is 0.667. The minimum Gasteiger partial charge on any atom is -0.349 e. The fourth-order valence-electron chi connectivity index (χ4n) is 6.72. The minimum absolute atomic E-state index is 0.0127. The Labute approximate surface area is 217 Å². The van der Waals surface area contributed by atoms with Crippen molar-refractivity contribution in [3.8, 4) is 0 Å². The maximum Gasteiger partial charge on any atom is 0.225 e. The third kappa shape index (κ3) is 4.96. The number of fused-ring (bicyclic) bond motifs is 3. The molecule has 2 saturated heterocycles. The van der Waals surface area contributed by atoms with Gasteiger partial charge in [-0.3, -0.25) is 14.5 Å². The number of carbonyl (C=O) groups excluding carboxylic acids is 2. The topological polar surface area (TPSA) is 70.5 Å². The van der Waals surface area contributed by atoms with E-state index in [9.17, 15) is 14.0 Å². The van der Waals surface area contributed by atoms with E-state index in [0.29, 0.717) is 24.7 Å². The smallest absolute Gasteiger partial charge is 0.225 e. The highest BCUT2D eigenvalue weighted by Crippen LogP contribution is 2.43. The molecule has 0 saturated carbocycles. The predicted octanol–water partition coefficient (Wildman–Crippen LogP) is 4.37. The first kappa shape index (κ1) is 25.4. The van der Waals surface area contributed by atoms with Crippen molar-refractivity contribution in [1.82, 2.24) is 24.7 Å². The van der Waals surface area contributed by atoms with Crippen molar-refractivity contribution in [2.24, 2.45) is 5.92 Å². The molecule has 9 heteroatoms. The number of nitrogens with zero attached hydrogens (tertiary/aromatic N) is 4. The van der Waals surface area contributed by atoms with Crippen LogP contribution in [0.4, 0.5) is 4.39 Å². The molecule has 5 heterocycles. The minimum atomic E-state index is -0.211. The molecule has 3 aliphatic rings. The molecule has 1 N–H and O–H groups in total. The summed E-state index contributed by atoms with van der Waals surface area (Å²) in [5.41, 5.74) is 2.40. The molecule has 1 unspecified atom stereocenters. The zero-order valence-corrected chi connectivity index (χ0v) is 22.6. The molecule has 3 aliphatic heterocycles. The van der Waals surface area contributed by atoms with Crippen LogP contribution in [0.15, 0.2) is 12.1 Å². The molecule has 4 atom stereocenters. The van der Waals surface area contributed by atoms with Gasteiger partial charge < -0.3 is 14.8 Å². The van der Waals surface area contributed by atoms with E-state index in [1.54, 1.807) is 6.07 Å². The van der Waals surface area contributed by atoms with Crippen molar-refractivity contribution in [3.05, 3.63) is 39.4 Å². The van der Waals surface area contributed by atoms with Crippen LogP contribution in [0.2, 0.25) is 0 Å². The van der Waals surface area contributed by atoms with Crippen LogP contribution in [0.5, 0.6) is 0 Å². The second kappa shape index (κ2) is 10.2. The Hall–Kier alpha value is -2.26. The van der Waals surface area contributed by atoms with Gasteiger partial charge >= 0.3 is 0 Å². The lowest BCUT2D eigenvalue weighted by Gasteiger charge is -2.41. The first-order chi connectivity index (χ1) is 17.2. The van der Waals surface area contributed by atoms with E-state index in [-0.39, 0.29) is 28.9 Å². The molecular formula is C27H38FN5O2S. The molecule has 7 nitrogen and oxygen atoms in total. The number of hydrogen-bond acceptors (Lipinski definition) is 5. The van der Waals surface area contributed by atoms with E-state index in [0.717, 1.165) is 66.5 Å². The van der Waals surface area contributed by atoms with Crippen molar-refractivity contribution in [1.29, 1.82) is 0 Å². The molecule has 0 radical (unpaired) electrons. The van der Waals surface area contributed by atoms with Crippen LogP contribution in [-0.2, 0) is 22.6 Å². The SMILES string of the molecule is CC(=O)N[C@@H](CCN1[C@@H]2CC[C@H]1CC(n1c(C)nc3c1CCN(C(=O)C(C)C)C3)C2)c1ccc(F)s1. The average Bonchev–Trinajstić information content (AvgIpc) is 3.47. The summed E-state index contributed by atoms with van der Waals surface area (Å²) in [5.74, 6) is 1.22. The molecule has 2 aromatic rings. The monoisotopic (exact) mass is 515 g/mol. The normalized spacial score (nSPS) is 24.7. The van der Waals surface area contributed by atoms with Gasteiger partial charge in [-0.2, -0.15) is 4.39 Å². The highest BCUT2D eigenvalue weighted by molar-refractivity contribution is 7.10. The van der Waals surface area contributed by atoms with Crippen molar-refractivity contribution in [3.63, 3.8) is 0 Å². The summed E-state index contributed by atoms with van der Waals surface area (Å²) in [5, 5.41) is 2.82. The van der Waals surface area contributed by atoms with Crippen molar-refractivity contribution in [2.75, 3.05) is 13.1 Å². The Morgan fingerprint density at radius 2 is 1.92 bits per heavy atom. The van der Waals surface area contributed by atoms with Gasteiger partial charge in [-0.15, -0.1) is 11.3 Å². The molecule has 2 bridgehead atoms. The molecule has 5 rings (SSSR count). The Morgan fingerprint density at radius 1 is 1.19 bits per heavy atom. The zero-order chi connectivity index (χ0) is 25.6. The van der Waals surface area contributed by atoms with Crippen LogP contribution < -0.4 is 5.32 Å². The molecule has 0 spiro atoms. The van der Waals surface area contributed by atoms with Crippen LogP contribution in [0.1, 0.15) is 87.0 Å². The number of amides is 2. The largest absolute Gasteiger partial charge is 0.349 e. The first-order valence-corrected chi connectivity index (χ1v) is 14.2. The molecule has 2 aromatic heterocycles. The van der Waals surface area contributed by atoms with Crippen LogP contribution in [0, 0.1) is 18.0 Å². The Balaban J connectivity index is 1.26. The standard InChI is InChI=1S/C27H38FN5O2S/c1-16(2)27(35)31-11-10-24-23(15-31)29-17(3)33(24)21-13-19-5-6-20(14-21)32(19)12-9-22(30-18(4)34)25-7-8-26(28)36-25/h7-8,16,19-22H,5-6,9-15H2,1-4H3,(H,30,34)/t19-,20+,21?,22-/m0/s1. The molecule has 0 aliphatic carbocycles. The van der Waals surface area contributed by atoms with Crippen molar-refractivity contribution < 1.29 is 14.0 Å². The third-order valence-electron chi connectivity index (χ3n) is 8.25. The number of thiophene rings is 1. The lowest BCUT2D eigenvalue weighted by molar-refractivity contribution is -0.135. The van der Waals surface area contributed by atoms with Gasteiger partial charge in [-0.05, 0) is 51.2 Å². The molecule has 2 amide bonds. The van der Waals surface area contributed by atoms with Gasteiger partial charge in [0.05, 0.1) is 18.3 Å². The van der Waals surface area contributed by atoms with E-state index in [4.69, 9.17) is 4.98 Å².